The fourth-order valence-electron chi connectivity index (χ4n) is 2.24. The van der Waals surface area contributed by atoms with E-state index in [2.05, 4.69) is 29.9 Å². The average molecular weight is 359 g/mol. The molecule has 1 aromatic heterocycles. The van der Waals surface area contributed by atoms with Crippen LogP contribution in [0, 0.1) is 0 Å². The van der Waals surface area contributed by atoms with E-state index in [0.29, 0.717) is 13.0 Å². The average Bonchev–Trinajstić information content (AvgIpc) is 2.81. The molecule has 1 aromatic carbocycles. The molecule has 2 aromatic rings. The number of para-hydroxylation sites is 1. The molecule has 2 rings (SSSR count). The summed E-state index contributed by atoms with van der Waals surface area (Å²) < 4.78 is 34.0. The van der Waals surface area contributed by atoms with E-state index in [1.165, 1.54) is 9.61 Å². The Labute approximate surface area is 139 Å². The van der Waals surface area contributed by atoms with Crippen molar-refractivity contribution in [2.75, 3.05) is 12.0 Å². The van der Waals surface area contributed by atoms with Crippen molar-refractivity contribution >= 4 is 49.5 Å². The van der Waals surface area contributed by atoms with E-state index in [4.69, 9.17) is 4.55 Å². The molecule has 0 amide bonds. The summed E-state index contributed by atoms with van der Waals surface area (Å²) in [6.07, 6.45) is 5.60. The SMILES string of the molecule is CCC(=Cc1sc2ccccc2[n+]1CCCS(=O)(=O)O)SC. The van der Waals surface area contributed by atoms with E-state index < -0.39 is 10.1 Å². The fraction of sp³-hybridized carbons (Fsp3) is 0.400. The van der Waals surface area contributed by atoms with Gasteiger partial charge in [-0.25, -0.2) is 0 Å². The molecular weight excluding hydrogens is 338 g/mol. The van der Waals surface area contributed by atoms with Crippen molar-refractivity contribution in [2.45, 2.75) is 26.3 Å². The molecule has 1 N–H and O–H groups in total. The Morgan fingerprint density at radius 3 is 2.77 bits per heavy atom. The minimum atomic E-state index is -3.91. The minimum Gasteiger partial charge on any atom is -0.286 e. The number of fused-ring (bicyclic) bond motifs is 1. The van der Waals surface area contributed by atoms with Gasteiger partial charge < -0.3 is 0 Å². The van der Waals surface area contributed by atoms with E-state index >= 15 is 0 Å². The number of hydrogen-bond donors (Lipinski definition) is 1. The highest BCUT2D eigenvalue weighted by Gasteiger charge is 2.19. The first-order valence-electron chi connectivity index (χ1n) is 7.05. The van der Waals surface area contributed by atoms with Gasteiger partial charge in [0.05, 0.1) is 5.75 Å². The number of thioether (sulfide) groups is 1. The van der Waals surface area contributed by atoms with Crippen LogP contribution in [0.2, 0.25) is 0 Å². The van der Waals surface area contributed by atoms with E-state index in [0.717, 1.165) is 16.9 Å². The molecule has 120 valence electrons. The van der Waals surface area contributed by atoms with Crippen molar-refractivity contribution in [3.63, 3.8) is 0 Å². The molecular formula is C15H20NO3S3+. The topological polar surface area (TPSA) is 58.2 Å². The molecule has 0 saturated carbocycles. The molecule has 0 atom stereocenters. The Morgan fingerprint density at radius 2 is 2.14 bits per heavy atom. The lowest BCUT2D eigenvalue weighted by molar-refractivity contribution is -0.668. The zero-order valence-corrected chi connectivity index (χ0v) is 15.1. The summed E-state index contributed by atoms with van der Waals surface area (Å²) in [7, 11) is -3.91. The van der Waals surface area contributed by atoms with Crippen molar-refractivity contribution in [1.82, 2.24) is 0 Å². The van der Waals surface area contributed by atoms with Gasteiger partial charge in [-0.1, -0.05) is 30.4 Å². The zero-order valence-electron chi connectivity index (χ0n) is 12.7. The Hall–Kier alpha value is -0.890. The van der Waals surface area contributed by atoms with Gasteiger partial charge in [0, 0.05) is 18.6 Å². The van der Waals surface area contributed by atoms with E-state index in [1.54, 1.807) is 23.1 Å². The molecule has 0 unspecified atom stereocenters. The summed E-state index contributed by atoms with van der Waals surface area (Å²) in [5, 5.41) is 1.11. The summed E-state index contributed by atoms with van der Waals surface area (Å²) >= 11 is 3.43. The molecule has 22 heavy (non-hydrogen) atoms. The first kappa shape index (κ1) is 17.5. The molecule has 0 saturated heterocycles. The maximum absolute atomic E-state index is 10.9. The molecule has 4 nitrogen and oxygen atoms in total. The second kappa shape index (κ2) is 7.59. The van der Waals surface area contributed by atoms with Crippen LogP contribution in [-0.4, -0.2) is 25.0 Å². The van der Waals surface area contributed by atoms with E-state index in [1.807, 2.05) is 18.2 Å². The summed E-state index contributed by atoms with van der Waals surface area (Å²) in [5.41, 5.74) is 1.10. The van der Waals surface area contributed by atoms with Crippen LogP contribution >= 0.6 is 23.1 Å². The zero-order chi connectivity index (χ0) is 16.2. The van der Waals surface area contributed by atoms with Crippen LogP contribution in [-0.2, 0) is 16.7 Å². The fourth-order valence-corrected chi connectivity index (χ4v) is 4.48. The number of allylic oxidation sites excluding steroid dienone is 1. The predicted molar refractivity (Wildman–Crippen MR) is 94.8 cm³/mol. The predicted octanol–water partition coefficient (Wildman–Crippen LogP) is 3.58. The molecule has 0 fully saturated rings. The Morgan fingerprint density at radius 1 is 1.41 bits per heavy atom. The van der Waals surface area contributed by atoms with Crippen molar-refractivity contribution in [3.8, 4) is 0 Å². The van der Waals surface area contributed by atoms with Gasteiger partial charge in [0.25, 0.3) is 15.1 Å². The number of thiazole rings is 1. The highest BCUT2D eigenvalue weighted by molar-refractivity contribution is 8.02. The molecule has 0 spiro atoms. The lowest BCUT2D eigenvalue weighted by Gasteiger charge is -1.99. The third-order valence-corrected chi connectivity index (χ3v) is 6.16. The van der Waals surface area contributed by atoms with Crippen molar-refractivity contribution < 1.29 is 17.5 Å². The van der Waals surface area contributed by atoms with E-state index in [-0.39, 0.29) is 5.75 Å². The van der Waals surface area contributed by atoms with Gasteiger partial charge in [-0.2, -0.15) is 13.0 Å². The highest BCUT2D eigenvalue weighted by atomic mass is 32.2. The second-order valence-corrected chi connectivity index (χ2v) is 8.43. The van der Waals surface area contributed by atoms with Crippen molar-refractivity contribution in [2.24, 2.45) is 0 Å². The van der Waals surface area contributed by atoms with Gasteiger partial charge in [-0.05, 0) is 23.6 Å². The third-order valence-electron chi connectivity index (χ3n) is 3.32. The van der Waals surface area contributed by atoms with Crippen molar-refractivity contribution in [3.05, 3.63) is 34.2 Å². The normalized spacial score (nSPS) is 13.0. The number of nitrogens with zero attached hydrogens (tertiary/aromatic N) is 1. The van der Waals surface area contributed by atoms with Crippen LogP contribution in [0.1, 0.15) is 24.8 Å². The van der Waals surface area contributed by atoms with Gasteiger partial charge in [-0.15, -0.1) is 11.8 Å². The highest BCUT2D eigenvalue weighted by Crippen LogP contribution is 2.25. The summed E-state index contributed by atoms with van der Waals surface area (Å²) in [4.78, 5) is 1.29. The quantitative estimate of drug-likeness (QED) is 0.607. The standard InChI is InChI=1S/C15H19NO3S3/c1-3-12(20-2)11-15-16(9-6-10-22(17,18)19)13-7-4-5-8-14(13)21-15/h4-5,7-8,11H,3,6,9-10H2,1-2H3/p+1. The first-order chi connectivity index (χ1) is 10.4. The van der Waals surface area contributed by atoms with Crippen LogP contribution in [0.3, 0.4) is 0 Å². The minimum absolute atomic E-state index is 0.212. The van der Waals surface area contributed by atoms with Crippen LogP contribution in [0.4, 0.5) is 0 Å². The molecule has 0 aliphatic heterocycles. The molecule has 7 heteroatoms. The molecule has 0 aliphatic rings. The molecule has 0 aliphatic carbocycles. The summed E-state index contributed by atoms with van der Waals surface area (Å²) in [5.74, 6) is -0.212. The van der Waals surface area contributed by atoms with Crippen LogP contribution in [0.25, 0.3) is 16.3 Å². The van der Waals surface area contributed by atoms with Crippen LogP contribution in [0.5, 0.6) is 0 Å². The Bertz CT molecular complexity index is 772. The lowest BCUT2D eigenvalue weighted by Crippen LogP contribution is -2.36. The maximum atomic E-state index is 10.9. The maximum Gasteiger partial charge on any atom is 0.265 e. The second-order valence-electron chi connectivity index (χ2n) is 4.87. The number of aromatic nitrogens is 1. The van der Waals surface area contributed by atoms with Gasteiger partial charge in [0.1, 0.15) is 4.70 Å². The smallest absolute Gasteiger partial charge is 0.265 e. The van der Waals surface area contributed by atoms with Crippen LogP contribution < -0.4 is 4.57 Å². The lowest BCUT2D eigenvalue weighted by atomic mass is 10.3. The number of aryl methyl sites for hydroxylation is 1. The first-order valence-corrected chi connectivity index (χ1v) is 10.7. The summed E-state index contributed by atoms with van der Waals surface area (Å²) in [6.45, 7) is 2.69. The Balaban J connectivity index is 2.38. The number of rotatable bonds is 7. The third kappa shape index (κ3) is 4.55. The largest absolute Gasteiger partial charge is 0.286 e. The van der Waals surface area contributed by atoms with Crippen LogP contribution in [0.15, 0.2) is 29.2 Å². The van der Waals surface area contributed by atoms with E-state index in [9.17, 15) is 8.42 Å². The van der Waals surface area contributed by atoms with Gasteiger partial charge in [-0.3, -0.25) is 4.55 Å². The number of benzene rings is 1. The van der Waals surface area contributed by atoms with Gasteiger partial charge in [0.2, 0.25) is 5.52 Å². The molecule has 0 radical (unpaired) electrons. The van der Waals surface area contributed by atoms with Crippen molar-refractivity contribution in [1.29, 1.82) is 0 Å². The summed E-state index contributed by atoms with van der Waals surface area (Å²) in [6, 6.07) is 8.10. The van der Waals surface area contributed by atoms with Gasteiger partial charge in [0.15, 0.2) is 6.54 Å². The molecule has 1 heterocycles. The molecule has 0 bridgehead atoms. The number of hydrogen-bond acceptors (Lipinski definition) is 4. The van der Waals surface area contributed by atoms with Gasteiger partial charge >= 0.3 is 0 Å². The Kier molecular flexibility index (Phi) is 6.02. The monoisotopic (exact) mass is 358 g/mol.